The highest BCUT2D eigenvalue weighted by molar-refractivity contribution is 9.09. The predicted molar refractivity (Wildman–Crippen MR) is 78.4 cm³/mol. The summed E-state index contributed by atoms with van der Waals surface area (Å²) < 4.78 is 5.17. The maximum Gasteiger partial charge on any atom is 0.118 e. The van der Waals surface area contributed by atoms with Crippen LogP contribution in [0.5, 0.6) is 5.75 Å². The Labute approximate surface area is 116 Å². The first-order chi connectivity index (χ1) is 8.28. The van der Waals surface area contributed by atoms with E-state index in [2.05, 4.69) is 28.1 Å². The van der Waals surface area contributed by atoms with Crippen molar-refractivity contribution in [1.82, 2.24) is 0 Å². The molecule has 0 bridgehead atoms. The fourth-order valence-corrected chi connectivity index (χ4v) is 4.56. The number of benzene rings is 1. The molecule has 1 aromatic rings. The molecule has 0 spiro atoms. The molecule has 3 heteroatoms. The molecule has 0 unspecified atom stereocenters. The topological polar surface area (TPSA) is 9.23 Å². The van der Waals surface area contributed by atoms with Crippen LogP contribution in [0.25, 0.3) is 0 Å². The van der Waals surface area contributed by atoms with Crippen LogP contribution in [0.3, 0.4) is 0 Å². The first kappa shape index (κ1) is 13.3. The summed E-state index contributed by atoms with van der Waals surface area (Å²) in [5.41, 5.74) is 0.532. The van der Waals surface area contributed by atoms with E-state index in [1.165, 1.54) is 36.3 Å². The number of hydrogen-bond acceptors (Lipinski definition) is 2. The van der Waals surface area contributed by atoms with Gasteiger partial charge in [-0.25, -0.2) is 0 Å². The minimum Gasteiger partial charge on any atom is -0.497 e. The molecular formula is C14H19BrOS. The van der Waals surface area contributed by atoms with Gasteiger partial charge in [-0.1, -0.05) is 28.8 Å². The van der Waals surface area contributed by atoms with Gasteiger partial charge in [-0.2, -0.15) is 0 Å². The summed E-state index contributed by atoms with van der Waals surface area (Å²) >= 11 is 5.67. The predicted octanol–water partition coefficient (Wildman–Crippen LogP) is 4.74. The van der Waals surface area contributed by atoms with Crippen molar-refractivity contribution in [1.29, 1.82) is 0 Å². The average Bonchev–Trinajstić information content (AvgIpc) is 2.86. The third kappa shape index (κ3) is 3.41. The highest BCUT2D eigenvalue weighted by Crippen LogP contribution is 2.43. The Morgan fingerprint density at radius 1 is 1.24 bits per heavy atom. The van der Waals surface area contributed by atoms with E-state index in [0.29, 0.717) is 5.41 Å². The number of halogens is 1. The number of ether oxygens (including phenoxy) is 1. The summed E-state index contributed by atoms with van der Waals surface area (Å²) in [7, 11) is 1.71. The van der Waals surface area contributed by atoms with Crippen molar-refractivity contribution >= 4 is 27.7 Å². The molecule has 0 heterocycles. The summed E-state index contributed by atoms with van der Waals surface area (Å²) in [6.07, 6.45) is 5.55. The van der Waals surface area contributed by atoms with Gasteiger partial charge in [-0.15, -0.1) is 11.8 Å². The van der Waals surface area contributed by atoms with Crippen LogP contribution in [0.4, 0.5) is 0 Å². The van der Waals surface area contributed by atoms with E-state index >= 15 is 0 Å². The quantitative estimate of drug-likeness (QED) is 0.573. The minimum atomic E-state index is 0.532. The second kappa shape index (κ2) is 6.14. The molecule has 0 radical (unpaired) electrons. The largest absolute Gasteiger partial charge is 0.497 e. The Balaban J connectivity index is 1.92. The van der Waals surface area contributed by atoms with Gasteiger partial charge >= 0.3 is 0 Å². The molecule has 1 nitrogen and oxygen atoms in total. The normalized spacial score (nSPS) is 18.2. The summed E-state index contributed by atoms with van der Waals surface area (Å²) in [6, 6.07) is 8.39. The van der Waals surface area contributed by atoms with Crippen LogP contribution >= 0.6 is 27.7 Å². The number of hydrogen-bond donors (Lipinski definition) is 0. The summed E-state index contributed by atoms with van der Waals surface area (Å²) in [5.74, 6) is 2.16. The SMILES string of the molecule is COc1ccc(SCC2(CBr)CCCC2)cc1. The second-order valence-corrected chi connectivity index (χ2v) is 6.41. The maximum atomic E-state index is 5.17. The zero-order valence-corrected chi connectivity index (χ0v) is 12.6. The molecule has 1 fully saturated rings. The van der Waals surface area contributed by atoms with Crippen molar-refractivity contribution in [3.05, 3.63) is 24.3 Å². The van der Waals surface area contributed by atoms with Crippen LogP contribution in [-0.2, 0) is 0 Å². The molecule has 0 atom stereocenters. The number of rotatable bonds is 5. The highest BCUT2D eigenvalue weighted by Gasteiger charge is 2.32. The third-order valence-corrected chi connectivity index (χ3v) is 6.10. The van der Waals surface area contributed by atoms with Crippen LogP contribution < -0.4 is 4.74 Å². The number of alkyl halides is 1. The second-order valence-electron chi connectivity index (χ2n) is 4.80. The van der Waals surface area contributed by atoms with Crippen molar-refractivity contribution in [3.8, 4) is 5.75 Å². The zero-order valence-electron chi connectivity index (χ0n) is 10.2. The van der Waals surface area contributed by atoms with Crippen molar-refractivity contribution in [2.75, 3.05) is 18.2 Å². The van der Waals surface area contributed by atoms with Gasteiger partial charge in [-0.05, 0) is 42.5 Å². The van der Waals surface area contributed by atoms with E-state index in [4.69, 9.17) is 4.74 Å². The molecule has 1 aliphatic rings. The van der Waals surface area contributed by atoms with E-state index in [1.807, 2.05) is 23.9 Å². The lowest BCUT2D eigenvalue weighted by molar-refractivity contribution is 0.405. The summed E-state index contributed by atoms with van der Waals surface area (Å²) in [5, 5.41) is 1.14. The molecular weight excluding hydrogens is 296 g/mol. The smallest absolute Gasteiger partial charge is 0.118 e. The molecule has 94 valence electrons. The first-order valence-corrected chi connectivity index (χ1v) is 8.22. The van der Waals surface area contributed by atoms with Crippen LogP contribution in [0.2, 0.25) is 0 Å². The standard InChI is InChI=1S/C14H19BrOS/c1-16-12-4-6-13(7-5-12)17-11-14(10-15)8-2-3-9-14/h4-7H,2-3,8-11H2,1H3. The molecule has 0 saturated heterocycles. The third-order valence-electron chi connectivity index (χ3n) is 3.55. The van der Waals surface area contributed by atoms with Crippen LogP contribution in [-0.4, -0.2) is 18.2 Å². The van der Waals surface area contributed by atoms with Crippen molar-refractivity contribution in [3.63, 3.8) is 0 Å². The Morgan fingerprint density at radius 2 is 1.88 bits per heavy atom. The monoisotopic (exact) mass is 314 g/mol. The van der Waals surface area contributed by atoms with Gasteiger partial charge in [0.2, 0.25) is 0 Å². The molecule has 1 saturated carbocycles. The van der Waals surface area contributed by atoms with Gasteiger partial charge < -0.3 is 4.74 Å². The fraction of sp³-hybridized carbons (Fsp3) is 0.571. The van der Waals surface area contributed by atoms with Gasteiger partial charge in [0.25, 0.3) is 0 Å². The van der Waals surface area contributed by atoms with E-state index in [-0.39, 0.29) is 0 Å². The molecule has 1 aliphatic carbocycles. The van der Waals surface area contributed by atoms with Gasteiger partial charge in [0.15, 0.2) is 0 Å². The molecule has 0 aliphatic heterocycles. The van der Waals surface area contributed by atoms with Gasteiger partial charge in [-0.3, -0.25) is 0 Å². The lowest BCUT2D eigenvalue weighted by Crippen LogP contribution is -2.21. The van der Waals surface area contributed by atoms with Crippen molar-refractivity contribution < 1.29 is 4.74 Å². The molecule has 0 amide bonds. The Bertz CT molecular complexity index is 344. The average molecular weight is 315 g/mol. The maximum absolute atomic E-state index is 5.17. The molecule has 1 aromatic carbocycles. The van der Waals surface area contributed by atoms with Crippen molar-refractivity contribution in [2.24, 2.45) is 5.41 Å². The number of thioether (sulfide) groups is 1. The Hall–Kier alpha value is -0.150. The lowest BCUT2D eigenvalue weighted by Gasteiger charge is -2.25. The molecule has 17 heavy (non-hydrogen) atoms. The zero-order chi connectivity index (χ0) is 12.1. The van der Waals surface area contributed by atoms with Gasteiger partial charge in [0, 0.05) is 16.0 Å². The van der Waals surface area contributed by atoms with E-state index in [1.54, 1.807) is 7.11 Å². The number of methoxy groups -OCH3 is 1. The molecule has 2 rings (SSSR count). The van der Waals surface area contributed by atoms with E-state index in [9.17, 15) is 0 Å². The Morgan fingerprint density at radius 3 is 2.41 bits per heavy atom. The van der Waals surface area contributed by atoms with E-state index < -0.39 is 0 Å². The fourth-order valence-electron chi connectivity index (χ4n) is 2.35. The van der Waals surface area contributed by atoms with Crippen molar-refractivity contribution in [2.45, 2.75) is 30.6 Å². The Kier molecular flexibility index (Phi) is 4.80. The van der Waals surface area contributed by atoms with Crippen LogP contribution in [0.15, 0.2) is 29.2 Å². The molecule has 0 N–H and O–H groups in total. The first-order valence-electron chi connectivity index (χ1n) is 6.11. The minimum absolute atomic E-state index is 0.532. The van der Waals surface area contributed by atoms with Crippen LogP contribution in [0.1, 0.15) is 25.7 Å². The lowest BCUT2D eigenvalue weighted by atomic mass is 9.92. The van der Waals surface area contributed by atoms with Crippen LogP contribution in [0, 0.1) is 5.41 Å². The van der Waals surface area contributed by atoms with Gasteiger partial charge in [0.05, 0.1) is 7.11 Å². The summed E-state index contributed by atoms with van der Waals surface area (Å²) in [4.78, 5) is 1.35. The summed E-state index contributed by atoms with van der Waals surface area (Å²) in [6.45, 7) is 0. The molecule has 0 aromatic heterocycles. The van der Waals surface area contributed by atoms with Gasteiger partial charge in [0.1, 0.15) is 5.75 Å². The highest BCUT2D eigenvalue weighted by atomic mass is 79.9. The van der Waals surface area contributed by atoms with E-state index in [0.717, 1.165) is 11.1 Å².